The molecule has 2 aromatic heterocycles. The van der Waals surface area contributed by atoms with Gasteiger partial charge in [-0.25, -0.2) is 4.79 Å². The highest BCUT2D eigenvalue weighted by Gasteiger charge is 2.19. The SMILES string of the molecule is COc1ccc(-c2nnsc2C(=O)OCc2cccnc2)cc1. The Morgan fingerprint density at radius 3 is 2.74 bits per heavy atom. The zero-order valence-electron chi connectivity index (χ0n) is 12.3. The van der Waals surface area contributed by atoms with Gasteiger partial charge in [0.05, 0.1) is 7.11 Å². The van der Waals surface area contributed by atoms with E-state index in [0.717, 1.165) is 28.4 Å². The minimum atomic E-state index is -0.449. The van der Waals surface area contributed by atoms with Crippen LogP contribution in [0.15, 0.2) is 48.8 Å². The fraction of sp³-hybridized carbons (Fsp3) is 0.125. The van der Waals surface area contributed by atoms with Crippen LogP contribution in [0.25, 0.3) is 11.3 Å². The van der Waals surface area contributed by atoms with Gasteiger partial charge in [-0.3, -0.25) is 4.98 Å². The summed E-state index contributed by atoms with van der Waals surface area (Å²) in [6.07, 6.45) is 3.32. The van der Waals surface area contributed by atoms with Crippen molar-refractivity contribution in [1.29, 1.82) is 0 Å². The number of esters is 1. The second-order valence-electron chi connectivity index (χ2n) is 4.62. The van der Waals surface area contributed by atoms with Crippen molar-refractivity contribution >= 4 is 17.5 Å². The predicted octanol–water partition coefficient (Wildman–Crippen LogP) is 2.97. The van der Waals surface area contributed by atoms with E-state index in [1.165, 1.54) is 0 Å². The van der Waals surface area contributed by atoms with Gasteiger partial charge < -0.3 is 9.47 Å². The Balaban J connectivity index is 1.75. The van der Waals surface area contributed by atoms with E-state index in [4.69, 9.17) is 9.47 Å². The average molecular weight is 327 g/mol. The lowest BCUT2D eigenvalue weighted by molar-refractivity contribution is 0.0479. The van der Waals surface area contributed by atoms with E-state index in [9.17, 15) is 4.79 Å². The number of methoxy groups -OCH3 is 1. The summed E-state index contributed by atoms with van der Waals surface area (Å²) in [6.45, 7) is 0.159. The summed E-state index contributed by atoms with van der Waals surface area (Å²) >= 11 is 1.02. The lowest BCUT2D eigenvalue weighted by atomic mass is 10.1. The molecule has 0 radical (unpaired) electrons. The van der Waals surface area contributed by atoms with Crippen molar-refractivity contribution in [2.75, 3.05) is 7.11 Å². The Bertz CT molecular complexity index is 788. The summed E-state index contributed by atoms with van der Waals surface area (Å²) in [7, 11) is 1.60. The molecule has 0 N–H and O–H groups in total. The maximum absolute atomic E-state index is 12.3. The molecule has 3 rings (SSSR count). The number of benzene rings is 1. The van der Waals surface area contributed by atoms with Crippen LogP contribution in [0.4, 0.5) is 0 Å². The number of nitrogens with zero attached hydrogens (tertiary/aromatic N) is 3. The lowest BCUT2D eigenvalue weighted by Gasteiger charge is -2.05. The predicted molar refractivity (Wildman–Crippen MR) is 85.3 cm³/mol. The third kappa shape index (κ3) is 3.51. The first-order valence-corrected chi connectivity index (χ1v) is 7.58. The van der Waals surface area contributed by atoms with Crippen LogP contribution >= 0.6 is 11.5 Å². The van der Waals surface area contributed by atoms with E-state index in [0.29, 0.717) is 10.6 Å². The molecule has 0 fully saturated rings. The molecule has 0 unspecified atom stereocenters. The molecule has 0 bridgehead atoms. The van der Waals surface area contributed by atoms with Crippen molar-refractivity contribution in [3.8, 4) is 17.0 Å². The first-order chi connectivity index (χ1) is 11.3. The molecule has 0 aliphatic rings. The normalized spacial score (nSPS) is 10.3. The van der Waals surface area contributed by atoms with Crippen LogP contribution in [0.1, 0.15) is 15.2 Å². The van der Waals surface area contributed by atoms with Gasteiger partial charge in [-0.15, -0.1) is 5.10 Å². The minimum absolute atomic E-state index is 0.159. The Labute approximate surface area is 136 Å². The van der Waals surface area contributed by atoms with Crippen molar-refractivity contribution in [3.05, 3.63) is 59.2 Å². The van der Waals surface area contributed by atoms with Crippen LogP contribution in [-0.2, 0) is 11.3 Å². The van der Waals surface area contributed by atoms with Crippen molar-refractivity contribution in [3.63, 3.8) is 0 Å². The van der Waals surface area contributed by atoms with Crippen LogP contribution < -0.4 is 4.74 Å². The largest absolute Gasteiger partial charge is 0.497 e. The smallest absolute Gasteiger partial charge is 0.352 e. The maximum Gasteiger partial charge on any atom is 0.352 e. The number of ether oxygens (including phenoxy) is 2. The van der Waals surface area contributed by atoms with Gasteiger partial charge in [-0.1, -0.05) is 10.6 Å². The molecule has 0 atom stereocenters. The highest BCUT2D eigenvalue weighted by molar-refractivity contribution is 7.08. The molecule has 23 heavy (non-hydrogen) atoms. The second kappa shape index (κ2) is 6.97. The van der Waals surface area contributed by atoms with Crippen LogP contribution in [0.2, 0.25) is 0 Å². The van der Waals surface area contributed by atoms with Gasteiger partial charge in [0.15, 0.2) is 4.88 Å². The van der Waals surface area contributed by atoms with Crippen molar-refractivity contribution in [2.24, 2.45) is 0 Å². The molecule has 6 nitrogen and oxygen atoms in total. The quantitative estimate of drug-likeness (QED) is 0.671. The van der Waals surface area contributed by atoms with Crippen LogP contribution in [0.5, 0.6) is 5.75 Å². The van der Waals surface area contributed by atoms with Gasteiger partial charge in [-0.2, -0.15) is 0 Å². The number of carbonyl (C=O) groups excluding carboxylic acids is 1. The molecule has 0 aliphatic heterocycles. The molecule has 0 saturated heterocycles. The molecular formula is C16H13N3O3S. The van der Waals surface area contributed by atoms with E-state index >= 15 is 0 Å². The molecule has 1 aromatic carbocycles. The summed E-state index contributed by atoms with van der Waals surface area (Å²) in [4.78, 5) is 16.6. The van der Waals surface area contributed by atoms with Crippen molar-refractivity contribution < 1.29 is 14.3 Å². The van der Waals surface area contributed by atoms with Crippen LogP contribution in [0.3, 0.4) is 0 Å². The van der Waals surface area contributed by atoms with Gasteiger partial charge in [0.1, 0.15) is 18.1 Å². The highest BCUT2D eigenvalue weighted by Crippen LogP contribution is 2.26. The van der Waals surface area contributed by atoms with E-state index < -0.39 is 5.97 Å². The molecule has 0 amide bonds. The standard InChI is InChI=1S/C16H13N3O3S/c1-21-13-6-4-12(5-7-13)14-15(23-19-18-14)16(20)22-10-11-3-2-8-17-9-11/h2-9H,10H2,1H3. The number of carbonyl (C=O) groups is 1. The van der Waals surface area contributed by atoms with Gasteiger partial charge in [0.2, 0.25) is 0 Å². The summed E-state index contributed by atoms with van der Waals surface area (Å²) in [5.41, 5.74) is 2.12. The Morgan fingerprint density at radius 2 is 2.04 bits per heavy atom. The highest BCUT2D eigenvalue weighted by atomic mass is 32.1. The summed E-state index contributed by atoms with van der Waals surface area (Å²) in [5.74, 6) is 0.285. The summed E-state index contributed by atoms with van der Waals surface area (Å²) < 4.78 is 14.3. The first-order valence-electron chi connectivity index (χ1n) is 6.80. The number of aromatic nitrogens is 3. The van der Waals surface area contributed by atoms with Gasteiger partial charge >= 0.3 is 5.97 Å². The Kier molecular flexibility index (Phi) is 4.58. The molecule has 116 valence electrons. The number of hydrogen-bond donors (Lipinski definition) is 0. The Hall–Kier alpha value is -2.80. The lowest BCUT2D eigenvalue weighted by Crippen LogP contribution is -2.05. The minimum Gasteiger partial charge on any atom is -0.497 e. The molecule has 3 aromatic rings. The second-order valence-corrected chi connectivity index (χ2v) is 5.37. The van der Waals surface area contributed by atoms with Crippen molar-refractivity contribution in [1.82, 2.24) is 14.6 Å². The molecule has 0 aliphatic carbocycles. The molecule has 7 heteroatoms. The number of rotatable bonds is 5. The van der Waals surface area contributed by atoms with E-state index in [-0.39, 0.29) is 6.61 Å². The van der Waals surface area contributed by atoms with Crippen LogP contribution in [-0.4, -0.2) is 27.7 Å². The number of hydrogen-bond acceptors (Lipinski definition) is 7. The van der Waals surface area contributed by atoms with Gasteiger partial charge in [0.25, 0.3) is 0 Å². The third-order valence-electron chi connectivity index (χ3n) is 3.13. The van der Waals surface area contributed by atoms with Gasteiger partial charge in [-0.05, 0) is 41.9 Å². The zero-order valence-corrected chi connectivity index (χ0v) is 13.1. The summed E-state index contributed by atoms with van der Waals surface area (Å²) in [6, 6.07) is 10.9. The number of pyridine rings is 1. The Morgan fingerprint density at radius 1 is 1.22 bits per heavy atom. The molecule has 0 saturated carbocycles. The third-order valence-corrected chi connectivity index (χ3v) is 3.84. The maximum atomic E-state index is 12.3. The molecule has 0 spiro atoms. The monoisotopic (exact) mass is 327 g/mol. The molecule has 2 heterocycles. The fourth-order valence-electron chi connectivity index (χ4n) is 1.96. The summed E-state index contributed by atoms with van der Waals surface area (Å²) in [5, 5.41) is 4.03. The van der Waals surface area contributed by atoms with Crippen LogP contribution in [0, 0.1) is 0 Å². The van der Waals surface area contributed by atoms with E-state index in [1.807, 2.05) is 18.2 Å². The van der Waals surface area contributed by atoms with E-state index in [2.05, 4.69) is 14.6 Å². The van der Waals surface area contributed by atoms with E-state index in [1.54, 1.807) is 37.7 Å². The average Bonchev–Trinajstić information content (AvgIpc) is 3.10. The van der Waals surface area contributed by atoms with Gasteiger partial charge in [0, 0.05) is 23.5 Å². The topological polar surface area (TPSA) is 74.2 Å². The fourth-order valence-corrected chi connectivity index (χ4v) is 2.54. The zero-order chi connectivity index (χ0) is 16.1. The first kappa shape index (κ1) is 15.1. The van der Waals surface area contributed by atoms with Crippen molar-refractivity contribution in [2.45, 2.75) is 6.61 Å². The molecular weight excluding hydrogens is 314 g/mol.